The Labute approximate surface area is 147 Å². The van der Waals surface area contributed by atoms with E-state index >= 15 is 0 Å². The van der Waals surface area contributed by atoms with E-state index in [-0.39, 0.29) is 5.91 Å². The Kier molecular flexibility index (Phi) is 6.12. The van der Waals surface area contributed by atoms with Crippen LogP contribution in [-0.4, -0.2) is 12.0 Å². The lowest BCUT2D eigenvalue weighted by molar-refractivity contribution is -0.122. The average Bonchev–Trinajstić information content (AvgIpc) is 2.50. The lowest BCUT2D eigenvalue weighted by Gasteiger charge is -2.17. The van der Waals surface area contributed by atoms with Gasteiger partial charge in [0.1, 0.15) is 5.75 Å². The van der Waals surface area contributed by atoms with Gasteiger partial charge in [-0.15, -0.1) is 0 Å². The fourth-order valence-corrected chi connectivity index (χ4v) is 2.35. The molecule has 0 heterocycles. The Balaban J connectivity index is 2.04. The normalized spacial score (nSPS) is 11.8. The highest BCUT2D eigenvalue weighted by Gasteiger charge is 2.18. The Morgan fingerprint density at radius 2 is 1.91 bits per heavy atom. The summed E-state index contributed by atoms with van der Waals surface area (Å²) in [7, 11) is 0. The van der Waals surface area contributed by atoms with Crippen molar-refractivity contribution in [2.75, 3.05) is 5.32 Å². The van der Waals surface area contributed by atoms with Crippen LogP contribution in [0.1, 0.15) is 13.3 Å². The van der Waals surface area contributed by atoms with Gasteiger partial charge in [-0.3, -0.25) is 4.79 Å². The lowest BCUT2D eigenvalue weighted by atomic mass is 10.2. The maximum absolute atomic E-state index is 12.3. The molecule has 0 fully saturated rings. The van der Waals surface area contributed by atoms with Gasteiger partial charge in [0, 0.05) is 15.2 Å². The van der Waals surface area contributed by atoms with Gasteiger partial charge in [0.15, 0.2) is 6.10 Å². The molecule has 0 aliphatic rings. The van der Waals surface area contributed by atoms with E-state index in [0.717, 1.165) is 4.47 Å². The minimum absolute atomic E-state index is 0.226. The minimum atomic E-state index is -0.594. The summed E-state index contributed by atoms with van der Waals surface area (Å²) in [5, 5.41) is 3.95. The molecule has 0 radical (unpaired) electrons. The number of benzene rings is 2. The zero-order valence-corrected chi connectivity index (χ0v) is 14.9. The number of carbonyl (C=O) groups is 1. The monoisotopic (exact) mass is 401 g/mol. The molecule has 22 heavy (non-hydrogen) atoms. The Bertz CT molecular complexity index is 662. The third-order valence-corrected chi connectivity index (χ3v) is 4.43. The Hall–Kier alpha value is -1.23. The molecule has 2 aromatic carbocycles. The maximum atomic E-state index is 12.3. The highest BCUT2D eigenvalue weighted by molar-refractivity contribution is 9.10. The molecule has 0 aromatic heterocycles. The number of anilines is 1. The van der Waals surface area contributed by atoms with Crippen molar-refractivity contribution in [1.29, 1.82) is 0 Å². The van der Waals surface area contributed by atoms with Crippen LogP contribution >= 0.6 is 39.1 Å². The molecule has 2 rings (SSSR count). The van der Waals surface area contributed by atoms with Gasteiger partial charge in [0.25, 0.3) is 5.91 Å². The quantitative estimate of drug-likeness (QED) is 0.711. The number of ether oxygens (including phenoxy) is 1. The predicted octanol–water partition coefficient (Wildman–Crippen LogP) is 5.55. The van der Waals surface area contributed by atoms with E-state index in [1.807, 2.05) is 6.92 Å². The van der Waals surface area contributed by atoms with Crippen molar-refractivity contribution in [1.82, 2.24) is 0 Å². The maximum Gasteiger partial charge on any atom is 0.265 e. The SMILES string of the molecule is CC[C@H](Oc1ccc(Cl)cc1)C(=O)Nc1ccc(Br)c(Cl)c1. The van der Waals surface area contributed by atoms with Gasteiger partial charge in [-0.2, -0.15) is 0 Å². The standard InChI is InChI=1S/C16H14BrCl2NO2/c1-2-15(22-12-6-3-10(18)4-7-12)16(21)20-11-5-8-13(17)14(19)9-11/h3-9,15H,2H2,1H3,(H,20,21)/t15-/m0/s1. The fourth-order valence-electron chi connectivity index (χ4n) is 1.80. The molecular formula is C16H14BrCl2NO2. The van der Waals surface area contributed by atoms with Crippen molar-refractivity contribution in [3.8, 4) is 5.75 Å². The van der Waals surface area contributed by atoms with Crippen molar-refractivity contribution in [3.05, 3.63) is 57.0 Å². The van der Waals surface area contributed by atoms with Crippen LogP contribution in [0.2, 0.25) is 10.0 Å². The summed E-state index contributed by atoms with van der Waals surface area (Å²) < 4.78 is 6.47. The molecule has 1 atom stereocenters. The molecule has 0 saturated heterocycles. The summed E-state index contributed by atoms with van der Waals surface area (Å²) in [4.78, 5) is 12.3. The smallest absolute Gasteiger partial charge is 0.265 e. The van der Waals surface area contributed by atoms with Gasteiger partial charge in [0.2, 0.25) is 0 Å². The van der Waals surface area contributed by atoms with E-state index in [4.69, 9.17) is 27.9 Å². The number of hydrogen-bond donors (Lipinski definition) is 1. The summed E-state index contributed by atoms with van der Waals surface area (Å²) in [6.07, 6.45) is -0.0535. The third-order valence-electron chi connectivity index (χ3n) is 2.94. The second-order valence-electron chi connectivity index (χ2n) is 4.59. The third kappa shape index (κ3) is 4.63. The number of nitrogens with one attached hydrogen (secondary N) is 1. The highest BCUT2D eigenvalue weighted by Crippen LogP contribution is 2.26. The average molecular weight is 403 g/mol. The van der Waals surface area contributed by atoms with E-state index in [1.165, 1.54) is 0 Å². The molecule has 1 N–H and O–H groups in total. The number of carbonyl (C=O) groups excluding carboxylic acids is 1. The Morgan fingerprint density at radius 1 is 1.23 bits per heavy atom. The van der Waals surface area contributed by atoms with Gasteiger partial charge in [-0.25, -0.2) is 0 Å². The van der Waals surface area contributed by atoms with E-state index in [0.29, 0.717) is 27.9 Å². The van der Waals surface area contributed by atoms with Crippen LogP contribution < -0.4 is 10.1 Å². The van der Waals surface area contributed by atoms with Crippen LogP contribution in [0.15, 0.2) is 46.9 Å². The minimum Gasteiger partial charge on any atom is -0.481 e. The van der Waals surface area contributed by atoms with Crippen LogP contribution in [0.25, 0.3) is 0 Å². The van der Waals surface area contributed by atoms with Crippen LogP contribution in [0.5, 0.6) is 5.75 Å². The highest BCUT2D eigenvalue weighted by atomic mass is 79.9. The summed E-state index contributed by atoms with van der Waals surface area (Å²) in [5.74, 6) is 0.371. The summed E-state index contributed by atoms with van der Waals surface area (Å²) in [6.45, 7) is 1.88. The predicted molar refractivity (Wildman–Crippen MR) is 93.9 cm³/mol. The van der Waals surface area contributed by atoms with Gasteiger partial charge in [-0.1, -0.05) is 30.1 Å². The molecule has 0 aliphatic carbocycles. The van der Waals surface area contributed by atoms with Crippen molar-refractivity contribution < 1.29 is 9.53 Å². The summed E-state index contributed by atoms with van der Waals surface area (Å²) >= 11 is 15.1. The van der Waals surface area contributed by atoms with Gasteiger partial charge >= 0.3 is 0 Å². The second kappa shape index (κ2) is 7.86. The topological polar surface area (TPSA) is 38.3 Å². The van der Waals surface area contributed by atoms with Crippen LogP contribution in [0.3, 0.4) is 0 Å². The van der Waals surface area contributed by atoms with E-state index in [1.54, 1.807) is 42.5 Å². The molecular weight excluding hydrogens is 389 g/mol. The zero-order chi connectivity index (χ0) is 16.1. The van der Waals surface area contributed by atoms with Crippen molar-refractivity contribution in [2.45, 2.75) is 19.4 Å². The molecule has 6 heteroatoms. The van der Waals surface area contributed by atoms with E-state index in [2.05, 4.69) is 21.2 Å². The largest absolute Gasteiger partial charge is 0.481 e. The molecule has 2 aromatic rings. The van der Waals surface area contributed by atoms with Gasteiger partial charge in [-0.05, 0) is 64.8 Å². The van der Waals surface area contributed by atoms with Crippen molar-refractivity contribution in [2.24, 2.45) is 0 Å². The van der Waals surface area contributed by atoms with Gasteiger partial charge in [0.05, 0.1) is 5.02 Å². The van der Waals surface area contributed by atoms with Crippen LogP contribution in [-0.2, 0) is 4.79 Å². The first-order chi connectivity index (χ1) is 10.5. The number of halogens is 3. The van der Waals surface area contributed by atoms with E-state index < -0.39 is 6.10 Å². The van der Waals surface area contributed by atoms with Crippen LogP contribution in [0.4, 0.5) is 5.69 Å². The zero-order valence-electron chi connectivity index (χ0n) is 11.8. The number of amides is 1. The second-order valence-corrected chi connectivity index (χ2v) is 6.28. The number of hydrogen-bond acceptors (Lipinski definition) is 2. The Morgan fingerprint density at radius 3 is 2.50 bits per heavy atom. The molecule has 0 bridgehead atoms. The molecule has 0 aliphatic heterocycles. The first-order valence-corrected chi connectivity index (χ1v) is 8.22. The summed E-state index contributed by atoms with van der Waals surface area (Å²) in [6, 6.07) is 12.1. The van der Waals surface area contributed by atoms with Gasteiger partial charge < -0.3 is 10.1 Å². The van der Waals surface area contributed by atoms with Crippen molar-refractivity contribution in [3.63, 3.8) is 0 Å². The summed E-state index contributed by atoms with van der Waals surface area (Å²) in [5.41, 5.74) is 0.622. The number of rotatable bonds is 5. The molecule has 1 amide bonds. The first-order valence-electron chi connectivity index (χ1n) is 6.67. The first kappa shape index (κ1) is 17.1. The molecule has 3 nitrogen and oxygen atoms in total. The molecule has 116 valence electrons. The molecule has 0 unspecified atom stereocenters. The molecule has 0 saturated carbocycles. The van der Waals surface area contributed by atoms with Crippen LogP contribution in [0, 0.1) is 0 Å². The fraction of sp³-hybridized carbons (Fsp3) is 0.188. The lowest BCUT2D eigenvalue weighted by Crippen LogP contribution is -2.32. The molecule has 0 spiro atoms. The van der Waals surface area contributed by atoms with E-state index in [9.17, 15) is 4.79 Å². The van der Waals surface area contributed by atoms with Crippen molar-refractivity contribution >= 4 is 50.7 Å².